The van der Waals surface area contributed by atoms with Crippen LogP contribution in [0, 0.1) is 0 Å². The van der Waals surface area contributed by atoms with E-state index < -0.39 is 10.0 Å². The van der Waals surface area contributed by atoms with Gasteiger partial charge in [-0.15, -0.1) is 0 Å². The van der Waals surface area contributed by atoms with Crippen molar-refractivity contribution in [2.24, 2.45) is 0 Å². The summed E-state index contributed by atoms with van der Waals surface area (Å²) in [7, 11) is -3.89. The van der Waals surface area contributed by atoms with Crippen molar-refractivity contribution in [1.29, 1.82) is 0 Å². The van der Waals surface area contributed by atoms with Crippen LogP contribution < -0.4 is 9.21 Å². The smallest absolute Gasteiger partial charge is 0.264 e. The second-order valence-corrected chi connectivity index (χ2v) is 9.13. The molecule has 0 unspecified atom stereocenters. The van der Waals surface area contributed by atoms with E-state index in [4.69, 9.17) is 0 Å². The maximum atomic E-state index is 13.4. The zero-order chi connectivity index (χ0) is 21.1. The summed E-state index contributed by atoms with van der Waals surface area (Å²) < 4.78 is 28.1. The van der Waals surface area contributed by atoms with E-state index in [9.17, 15) is 13.2 Å². The molecule has 1 amide bonds. The van der Waals surface area contributed by atoms with Crippen LogP contribution in [0.4, 0.5) is 11.4 Å². The molecule has 0 aliphatic carbocycles. The highest BCUT2D eigenvalue weighted by atomic mass is 32.2. The second kappa shape index (κ2) is 8.32. The zero-order valence-corrected chi connectivity index (χ0v) is 17.7. The van der Waals surface area contributed by atoms with Gasteiger partial charge in [0, 0.05) is 12.2 Å². The Morgan fingerprint density at radius 3 is 2.30 bits per heavy atom. The van der Waals surface area contributed by atoms with Gasteiger partial charge in [-0.25, -0.2) is 8.42 Å². The molecule has 154 valence electrons. The van der Waals surface area contributed by atoms with E-state index in [0.717, 1.165) is 29.7 Å². The minimum absolute atomic E-state index is 0.166. The molecule has 3 aromatic carbocycles. The van der Waals surface area contributed by atoms with E-state index in [1.165, 1.54) is 4.31 Å². The van der Waals surface area contributed by atoms with Gasteiger partial charge >= 0.3 is 0 Å². The molecule has 1 aliphatic rings. The molecule has 1 aliphatic heterocycles. The first-order chi connectivity index (χ1) is 14.5. The molecule has 0 radical (unpaired) electrons. The predicted molar refractivity (Wildman–Crippen MR) is 119 cm³/mol. The Kier molecular flexibility index (Phi) is 5.59. The first kappa shape index (κ1) is 20.2. The molecule has 3 aromatic rings. The van der Waals surface area contributed by atoms with Gasteiger partial charge in [-0.3, -0.25) is 9.10 Å². The number of rotatable bonds is 6. The fourth-order valence-corrected chi connectivity index (χ4v) is 5.17. The Morgan fingerprint density at radius 2 is 1.60 bits per heavy atom. The van der Waals surface area contributed by atoms with Gasteiger partial charge in [0.05, 0.1) is 10.6 Å². The van der Waals surface area contributed by atoms with Crippen molar-refractivity contribution in [2.45, 2.75) is 24.7 Å². The third kappa shape index (κ3) is 3.83. The van der Waals surface area contributed by atoms with Crippen LogP contribution >= 0.6 is 0 Å². The number of aryl methyl sites for hydroxylation is 1. The summed E-state index contributed by atoms with van der Waals surface area (Å²) in [6, 6.07) is 23.3. The van der Waals surface area contributed by atoms with E-state index in [1.54, 1.807) is 47.4 Å². The lowest BCUT2D eigenvalue weighted by Gasteiger charge is -2.27. The molecule has 0 N–H and O–H groups in total. The molecule has 0 aromatic heterocycles. The van der Waals surface area contributed by atoms with Crippen molar-refractivity contribution in [3.05, 3.63) is 90.0 Å². The van der Waals surface area contributed by atoms with Crippen molar-refractivity contribution in [3.8, 4) is 0 Å². The lowest BCUT2D eigenvalue weighted by molar-refractivity contribution is -0.117. The van der Waals surface area contributed by atoms with Gasteiger partial charge in [0.1, 0.15) is 6.54 Å². The van der Waals surface area contributed by atoms with E-state index in [0.29, 0.717) is 12.2 Å². The average molecular weight is 421 g/mol. The second-order valence-electron chi connectivity index (χ2n) is 7.27. The van der Waals surface area contributed by atoms with Crippen molar-refractivity contribution in [3.63, 3.8) is 0 Å². The number of benzene rings is 3. The third-order valence-corrected chi connectivity index (χ3v) is 7.22. The summed E-state index contributed by atoms with van der Waals surface area (Å²) in [6.45, 7) is 2.35. The fourth-order valence-electron chi connectivity index (χ4n) is 3.74. The summed E-state index contributed by atoms with van der Waals surface area (Å²) in [5.41, 5.74) is 3.56. The number of nitrogens with zero attached hydrogens (tertiary/aromatic N) is 2. The van der Waals surface area contributed by atoms with E-state index in [-0.39, 0.29) is 17.3 Å². The molecule has 0 spiro atoms. The number of anilines is 2. The van der Waals surface area contributed by atoms with Gasteiger partial charge in [0.25, 0.3) is 10.0 Å². The number of fused-ring (bicyclic) bond motifs is 1. The summed E-state index contributed by atoms with van der Waals surface area (Å²) in [4.78, 5) is 15.1. The maximum absolute atomic E-state index is 13.4. The van der Waals surface area contributed by atoms with Crippen LogP contribution in [0.25, 0.3) is 0 Å². The Balaban J connectivity index is 1.70. The van der Waals surface area contributed by atoms with Crippen LogP contribution in [-0.2, 0) is 27.7 Å². The molecule has 0 bridgehead atoms. The molecule has 5 nitrogen and oxygen atoms in total. The normalized spacial score (nSPS) is 13.2. The minimum atomic E-state index is -3.89. The molecular weight excluding hydrogens is 396 g/mol. The highest BCUT2D eigenvalue weighted by molar-refractivity contribution is 7.92. The molecule has 6 heteroatoms. The number of para-hydroxylation sites is 1. The summed E-state index contributed by atoms with van der Waals surface area (Å²) >= 11 is 0. The van der Waals surface area contributed by atoms with Gasteiger partial charge in [-0.2, -0.15) is 0 Å². The Morgan fingerprint density at radius 1 is 0.933 bits per heavy atom. The van der Waals surface area contributed by atoms with E-state index in [2.05, 4.69) is 0 Å². The molecule has 0 fully saturated rings. The standard InChI is InChI=1S/C24H24N2O3S/c1-2-19-12-14-21(15-13-19)26(30(28,29)22-9-4-3-5-10-22)18-24(27)25-17-16-20-8-6-7-11-23(20)25/h3-15H,2,16-18H2,1H3. The van der Waals surface area contributed by atoms with E-state index >= 15 is 0 Å². The highest BCUT2D eigenvalue weighted by Crippen LogP contribution is 2.29. The molecule has 0 atom stereocenters. The van der Waals surface area contributed by atoms with Crippen LogP contribution in [0.1, 0.15) is 18.1 Å². The zero-order valence-electron chi connectivity index (χ0n) is 16.9. The van der Waals surface area contributed by atoms with Gasteiger partial charge in [0.15, 0.2) is 0 Å². The Labute approximate surface area is 177 Å². The van der Waals surface area contributed by atoms with Gasteiger partial charge in [-0.1, -0.05) is 55.5 Å². The van der Waals surface area contributed by atoms with Crippen LogP contribution in [-0.4, -0.2) is 27.4 Å². The van der Waals surface area contributed by atoms with Crippen molar-refractivity contribution >= 4 is 27.3 Å². The molecule has 0 saturated carbocycles. The number of carbonyl (C=O) groups is 1. The molecule has 30 heavy (non-hydrogen) atoms. The number of amides is 1. The number of hydrogen-bond acceptors (Lipinski definition) is 3. The first-order valence-electron chi connectivity index (χ1n) is 10.1. The predicted octanol–water partition coefficient (Wildman–Crippen LogP) is 4.03. The van der Waals surface area contributed by atoms with Crippen LogP contribution in [0.3, 0.4) is 0 Å². The van der Waals surface area contributed by atoms with Crippen molar-refractivity contribution < 1.29 is 13.2 Å². The molecular formula is C24H24N2O3S. The lowest BCUT2D eigenvalue weighted by atomic mass is 10.1. The number of hydrogen-bond donors (Lipinski definition) is 0. The largest absolute Gasteiger partial charge is 0.310 e. The lowest BCUT2D eigenvalue weighted by Crippen LogP contribution is -2.42. The van der Waals surface area contributed by atoms with Crippen LogP contribution in [0.2, 0.25) is 0 Å². The molecule has 0 saturated heterocycles. The Bertz CT molecular complexity index is 1140. The highest BCUT2D eigenvalue weighted by Gasteiger charge is 2.31. The number of carbonyl (C=O) groups excluding carboxylic acids is 1. The van der Waals surface area contributed by atoms with Crippen LogP contribution in [0.5, 0.6) is 0 Å². The maximum Gasteiger partial charge on any atom is 0.264 e. The van der Waals surface area contributed by atoms with Gasteiger partial charge in [0.2, 0.25) is 5.91 Å². The topological polar surface area (TPSA) is 57.7 Å². The summed E-state index contributed by atoms with van der Waals surface area (Å²) in [5, 5.41) is 0. The molecule has 1 heterocycles. The quantitative estimate of drug-likeness (QED) is 0.605. The summed E-state index contributed by atoms with van der Waals surface area (Å²) in [6.07, 6.45) is 1.63. The van der Waals surface area contributed by atoms with Crippen LogP contribution in [0.15, 0.2) is 83.8 Å². The fraction of sp³-hybridized carbons (Fsp3) is 0.208. The molecule has 4 rings (SSSR count). The number of sulfonamides is 1. The van der Waals surface area contributed by atoms with Gasteiger partial charge in [-0.05, 0) is 54.3 Å². The monoisotopic (exact) mass is 420 g/mol. The summed E-state index contributed by atoms with van der Waals surface area (Å²) in [5.74, 6) is -0.237. The first-order valence-corrected chi connectivity index (χ1v) is 11.5. The van der Waals surface area contributed by atoms with Crippen molar-refractivity contribution in [2.75, 3.05) is 22.3 Å². The average Bonchev–Trinajstić information content (AvgIpc) is 3.22. The van der Waals surface area contributed by atoms with E-state index in [1.807, 2.05) is 43.3 Å². The van der Waals surface area contributed by atoms with Gasteiger partial charge < -0.3 is 4.90 Å². The minimum Gasteiger partial charge on any atom is -0.310 e. The van der Waals surface area contributed by atoms with Crippen molar-refractivity contribution in [1.82, 2.24) is 0 Å². The SMILES string of the molecule is CCc1ccc(N(CC(=O)N2CCc3ccccc32)S(=O)(=O)c2ccccc2)cc1. The Hall–Kier alpha value is -3.12. The third-order valence-electron chi connectivity index (χ3n) is 5.43.